The van der Waals surface area contributed by atoms with Crippen LogP contribution in [0, 0.1) is 10.1 Å². The molecule has 0 spiro atoms. The molecule has 0 N–H and O–H groups in total. The molecule has 0 radical (unpaired) electrons. The van der Waals surface area contributed by atoms with Gasteiger partial charge in [-0.2, -0.15) is 4.99 Å². The molecule has 2 aromatic carbocycles. The summed E-state index contributed by atoms with van der Waals surface area (Å²) in [5.41, 5.74) is 1.50. The predicted molar refractivity (Wildman–Crippen MR) is 116 cm³/mol. The molecule has 148 valence electrons. The van der Waals surface area contributed by atoms with Gasteiger partial charge in [0.25, 0.3) is 11.6 Å². The van der Waals surface area contributed by atoms with Crippen molar-refractivity contribution in [1.82, 2.24) is 4.90 Å². The van der Waals surface area contributed by atoms with Gasteiger partial charge in [0.05, 0.1) is 9.83 Å². The number of nitrogens with zero attached hydrogens (tertiary/aromatic N) is 4. The smallest absolute Gasteiger partial charge is 0.292 e. The van der Waals surface area contributed by atoms with Crippen molar-refractivity contribution >= 4 is 51.9 Å². The Morgan fingerprint density at radius 2 is 1.69 bits per heavy atom. The van der Waals surface area contributed by atoms with Crippen molar-refractivity contribution in [2.45, 2.75) is 0 Å². The first-order chi connectivity index (χ1) is 14.0. The van der Waals surface area contributed by atoms with Crippen LogP contribution in [0.15, 0.2) is 58.4 Å². The average molecular weight is 429 g/mol. The number of nitro benzene ring substituents is 1. The summed E-state index contributed by atoms with van der Waals surface area (Å²) < 4.78 is 0. The third-order valence-corrected chi connectivity index (χ3v) is 6.16. The maximum absolute atomic E-state index is 12.3. The first-order valence-electron chi connectivity index (χ1n) is 9.03. The highest BCUT2D eigenvalue weighted by Gasteiger charge is 2.30. The highest BCUT2D eigenvalue weighted by Crippen LogP contribution is 2.33. The molecule has 2 aliphatic heterocycles. The van der Waals surface area contributed by atoms with Crippen LogP contribution in [0.5, 0.6) is 0 Å². The van der Waals surface area contributed by atoms with E-state index in [0.29, 0.717) is 47.0 Å². The van der Waals surface area contributed by atoms with E-state index in [1.165, 1.54) is 17.8 Å². The fraction of sp³-hybridized carbons (Fsp3) is 0.200. The molecule has 0 aromatic heterocycles. The summed E-state index contributed by atoms with van der Waals surface area (Å²) in [6.45, 7) is 2.49. The van der Waals surface area contributed by atoms with Crippen LogP contribution in [0.1, 0.15) is 5.56 Å². The Kier molecular flexibility index (Phi) is 5.55. The number of thioether (sulfide) groups is 1. The lowest BCUT2D eigenvalue weighted by Gasteiger charge is -2.36. The first-order valence-corrected chi connectivity index (χ1v) is 10.2. The number of piperazine rings is 1. The van der Waals surface area contributed by atoms with Gasteiger partial charge in [-0.05, 0) is 35.5 Å². The molecule has 29 heavy (non-hydrogen) atoms. The molecule has 9 heteroatoms. The number of rotatable bonds is 3. The van der Waals surface area contributed by atoms with Gasteiger partial charge in [0.15, 0.2) is 5.17 Å². The molecular weight excluding hydrogens is 412 g/mol. The van der Waals surface area contributed by atoms with E-state index < -0.39 is 0 Å². The minimum Gasteiger partial charge on any atom is -0.362 e. The van der Waals surface area contributed by atoms with Gasteiger partial charge in [-0.15, -0.1) is 0 Å². The number of hydrogen-bond donors (Lipinski definition) is 0. The number of anilines is 1. The second-order valence-electron chi connectivity index (χ2n) is 6.55. The third-order valence-electron chi connectivity index (χ3n) is 4.77. The lowest BCUT2D eigenvalue weighted by atomic mass is 10.2. The van der Waals surface area contributed by atoms with Crippen LogP contribution in [0.2, 0.25) is 5.02 Å². The van der Waals surface area contributed by atoms with E-state index in [-0.39, 0.29) is 16.5 Å². The molecule has 0 atom stereocenters. The van der Waals surface area contributed by atoms with Crippen LogP contribution < -0.4 is 4.90 Å². The SMILES string of the molecule is O=C1N=C(N2CCN(c3ccccc3[N+](=O)[O-])CC2)S/C1=C\c1ccccc1Cl. The molecule has 1 amide bonds. The van der Waals surface area contributed by atoms with Crippen LogP contribution >= 0.6 is 23.4 Å². The van der Waals surface area contributed by atoms with Crippen molar-refractivity contribution in [3.05, 3.63) is 74.1 Å². The molecule has 2 aromatic rings. The molecule has 1 saturated heterocycles. The molecule has 0 aliphatic carbocycles. The Balaban J connectivity index is 1.44. The first kappa shape index (κ1) is 19.5. The van der Waals surface area contributed by atoms with E-state index in [0.717, 1.165) is 5.56 Å². The van der Waals surface area contributed by atoms with Gasteiger partial charge in [-0.3, -0.25) is 14.9 Å². The van der Waals surface area contributed by atoms with E-state index in [4.69, 9.17) is 11.6 Å². The topological polar surface area (TPSA) is 79.0 Å². The standard InChI is InChI=1S/C20H17ClN4O3S/c21-15-6-2-1-5-14(15)13-18-19(26)22-20(29-18)24-11-9-23(10-12-24)16-7-3-4-8-17(16)25(27)28/h1-8,13H,9-12H2/b18-13-. The summed E-state index contributed by atoms with van der Waals surface area (Å²) in [7, 11) is 0. The number of aliphatic imine (C=N–C) groups is 1. The van der Waals surface area contributed by atoms with E-state index in [1.54, 1.807) is 30.3 Å². The Bertz CT molecular complexity index is 1030. The molecular formula is C20H17ClN4O3S. The second kappa shape index (κ2) is 8.26. The van der Waals surface area contributed by atoms with Crippen LogP contribution in [-0.4, -0.2) is 47.1 Å². The Labute approximate surface area is 176 Å². The summed E-state index contributed by atoms with van der Waals surface area (Å²) in [6, 6.07) is 14.1. The summed E-state index contributed by atoms with van der Waals surface area (Å²) in [5.74, 6) is -0.272. The Morgan fingerprint density at radius 3 is 2.41 bits per heavy atom. The maximum Gasteiger partial charge on any atom is 0.292 e. The van der Waals surface area contributed by atoms with Gasteiger partial charge in [-0.25, -0.2) is 0 Å². The maximum atomic E-state index is 12.3. The van der Waals surface area contributed by atoms with Gasteiger partial charge >= 0.3 is 0 Å². The van der Waals surface area contributed by atoms with Crippen molar-refractivity contribution in [3.8, 4) is 0 Å². The van der Waals surface area contributed by atoms with Crippen molar-refractivity contribution in [1.29, 1.82) is 0 Å². The summed E-state index contributed by atoms with van der Waals surface area (Å²) in [6.07, 6.45) is 1.76. The predicted octanol–water partition coefficient (Wildman–Crippen LogP) is 4.04. The van der Waals surface area contributed by atoms with Crippen molar-refractivity contribution in [3.63, 3.8) is 0 Å². The zero-order chi connectivity index (χ0) is 20.4. The largest absolute Gasteiger partial charge is 0.362 e. The zero-order valence-corrected chi connectivity index (χ0v) is 16.9. The van der Waals surface area contributed by atoms with Gasteiger partial charge in [0.1, 0.15) is 5.69 Å². The lowest BCUT2D eigenvalue weighted by Crippen LogP contribution is -2.48. The molecule has 1 fully saturated rings. The fourth-order valence-corrected chi connectivity index (χ4v) is 4.44. The van der Waals surface area contributed by atoms with Gasteiger partial charge in [0, 0.05) is 37.3 Å². The Morgan fingerprint density at radius 1 is 1.03 bits per heavy atom. The minimum absolute atomic E-state index is 0.105. The number of benzene rings is 2. The third kappa shape index (κ3) is 4.13. The normalized spacial score (nSPS) is 18.3. The van der Waals surface area contributed by atoms with Gasteiger partial charge in [0.2, 0.25) is 0 Å². The molecule has 7 nitrogen and oxygen atoms in total. The number of halogens is 1. The number of para-hydroxylation sites is 2. The number of amides is 1. The van der Waals surface area contributed by atoms with Crippen LogP contribution in [0.4, 0.5) is 11.4 Å². The quantitative estimate of drug-likeness (QED) is 0.417. The number of carbonyl (C=O) groups is 1. The second-order valence-corrected chi connectivity index (χ2v) is 7.97. The summed E-state index contributed by atoms with van der Waals surface area (Å²) in [5, 5.41) is 12.5. The number of amidine groups is 1. The van der Waals surface area contributed by atoms with E-state index in [2.05, 4.69) is 4.99 Å². The van der Waals surface area contributed by atoms with E-state index in [1.807, 2.05) is 28.0 Å². The van der Waals surface area contributed by atoms with Crippen LogP contribution in [0.25, 0.3) is 6.08 Å². The van der Waals surface area contributed by atoms with Crippen molar-refractivity contribution in [2.24, 2.45) is 4.99 Å². The molecule has 4 rings (SSSR count). The van der Waals surface area contributed by atoms with Gasteiger partial charge in [-0.1, -0.05) is 41.9 Å². The van der Waals surface area contributed by atoms with Crippen molar-refractivity contribution < 1.29 is 9.72 Å². The van der Waals surface area contributed by atoms with E-state index in [9.17, 15) is 14.9 Å². The van der Waals surface area contributed by atoms with Crippen molar-refractivity contribution in [2.75, 3.05) is 31.1 Å². The molecule has 0 saturated carbocycles. The summed E-state index contributed by atoms with van der Waals surface area (Å²) >= 11 is 7.51. The molecule has 2 heterocycles. The van der Waals surface area contributed by atoms with Crippen LogP contribution in [0.3, 0.4) is 0 Å². The number of carbonyl (C=O) groups excluding carboxylic acids is 1. The highest BCUT2D eigenvalue weighted by molar-refractivity contribution is 8.18. The fourth-order valence-electron chi connectivity index (χ4n) is 3.29. The van der Waals surface area contributed by atoms with E-state index >= 15 is 0 Å². The average Bonchev–Trinajstić information content (AvgIpc) is 3.10. The van der Waals surface area contributed by atoms with Gasteiger partial charge < -0.3 is 9.80 Å². The monoisotopic (exact) mass is 428 g/mol. The summed E-state index contributed by atoms with van der Waals surface area (Å²) in [4.78, 5) is 32.0. The number of hydrogen-bond acceptors (Lipinski definition) is 6. The zero-order valence-electron chi connectivity index (χ0n) is 15.3. The lowest BCUT2D eigenvalue weighted by molar-refractivity contribution is -0.384. The molecule has 2 aliphatic rings. The Hall–Kier alpha value is -2.84. The van der Waals surface area contributed by atoms with Crippen LogP contribution in [-0.2, 0) is 4.79 Å². The molecule has 0 bridgehead atoms. The molecule has 0 unspecified atom stereocenters. The number of nitro groups is 1. The highest BCUT2D eigenvalue weighted by atomic mass is 35.5. The minimum atomic E-state index is -0.358.